The Labute approximate surface area is 83.4 Å². The molecule has 3 N–H and O–H groups in total. The van der Waals surface area contributed by atoms with Gasteiger partial charge in [0.1, 0.15) is 5.69 Å². The van der Waals surface area contributed by atoms with Crippen LogP contribution in [0.15, 0.2) is 17.9 Å². The third kappa shape index (κ3) is 1.61. The summed E-state index contributed by atoms with van der Waals surface area (Å²) in [7, 11) is 1.86. The summed E-state index contributed by atoms with van der Waals surface area (Å²) in [5.74, 6) is 1.10. The Morgan fingerprint density at radius 2 is 2.14 bits per heavy atom. The molecule has 0 amide bonds. The number of rotatable bonds is 0. The van der Waals surface area contributed by atoms with Crippen LogP contribution in [-0.2, 0) is 7.05 Å². The lowest BCUT2D eigenvalue weighted by Gasteiger charge is -2.12. The Hall–Kier alpha value is -1.78. The number of aromatic nitrogens is 2. The van der Waals surface area contributed by atoms with Crippen LogP contribution in [0.5, 0.6) is 0 Å². The average molecular weight is 193 g/mol. The van der Waals surface area contributed by atoms with E-state index in [4.69, 9.17) is 5.73 Å². The Kier molecular flexibility index (Phi) is 2.91. The van der Waals surface area contributed by atoms with Crippen LogP contribution in [0.25, 0.3) is 5.70 Å². The summed E-state index contributed by atoms with van der Waals surface area (Å²) in [6, 6.07) is 0. The van der Waals surface area contributed by atoms with Gasteiger partial charge in [0, 0.05) is 7.05 Å². The van der Waals surface area contributed by atoms with Crippen LogP contribution in [0.1, 0.15) is 19.5 Å². The number of nitrogens with two attached hydrogens (primary N) is 1. The number of guanidine groups is 1. The molecule has 14 heavy (non-hydrogen) atoms. The molecule has 0 saturated carbocycles. The molecule has 5 nitrogen and oxygen atoms in total. The first-order valence-corrected chi connectivity index (χ1v) is 4.50. The normalized spacial score (nSPS) is 13.4. The van der Waals surface area contributed by atoms with Crippen LogP contribution >= 0.6 is 0 Å². The number of nitrogens with zero attached hydrogens (tertiary/aromatic N) is 3. The summed E-state index contributed by atoms with van der Waals surface area (Å²) >= 11 is 0. The van der Waals surface area contributed by atoms with Gasteiger partial charge in [-0.05, 0) is 0 Å². The maximum absolute atomic E-state index is 5.50. The topological polar surface area (TPSA) is 68.2 Å². The molecule has 5 heteroatoms. The largest absolute Gasteiger partial charge is 0.369 e. The molecule has 0 aromatic carbocycles. The quantitative estimate of drug-likeness (QED) is 0.645. The number of nitrogens with one attached hydrogen (secondary N) is 1. The van der Waals surface area contributed by atoms with Crippen LogP contribution in [0.3, 0.4) is 0 Å². The highest BCUT2D eigenvalue weighted by atomic mass is 15.2. The van der Waals surface area contributed by atoms with Crippen molar-refractivity contribution in [2.75, 3.05) is 0 Å². The highest BCUT2D eigenvalue weighted by Gasteiger charge is 2.16. The minimum Gasteiger partial charge on any atom is -0.369 e. The van der Waals surface area contributed by atoms with Gasteiger partial charge in [-0.25, -0.2) is 4.98 Å². The summed E-state index contributed by atoms with van der Waals surface area (Å²) in [4.78, 5) is 8.19. The summed E-state index contributed by atoms with van der Waals surface area (Å²) in [6.07, 6.45) is 1.68. The molecule has 2 heterocycles. The van der Waals surface area contributed by atoms with Crippen molar-refractivity contribution in [2.24, 2.45) is 17.8 Å². The molecule has 0 saturated heterocycles. The van der Waals surface area contributed by atoms with E-state index in [1.54, 1.807) is 10.9 Å². The molecule has 0 bridgehead atoms. The maximum atomic E-state index is 5.50. The lowest BCUT2D eigenvalue weighted by Crippen LogP contribution is -2.32. The Morgan fingerprint density at radius 1 is 1.50 bits per heavy atom. The number of imidazole rings is 1. The number of aryl methyl sites for hydroxylation is 1. The molecule has 0 atom stereocenters. The van der Waals surface area contributed by atoms with Crippen molar-refractivity contribution >= 4 is 17.5 Å². The van der Waals surface area contributed by atoms with Gasteiger partial charge in [0.2, 0.25) is 0 Å². The molecular formula is C9H15N5. The summed E-state index contributed by atoms with van der Waals surface area (Å²) in [5.41, 5.74) is 6.95. The fourth-order valence-corrected chi connectivity index (χ4v) is 1.12. The number of aliphatic imine (C=N–C) groups is 1. The van der Waals surface area contributed by atoms with E-state index in [0.29, 0.717) is 11.7 Å². The first kappa shape index (κ1) is 10.3. The van der Waals surface area contributed by atoms with Gasteiger partial charge in [0.25, 0.3) is 0 Å². The van der Waals surface area contributed by atoms with Gasteiger partial charge >= 0.3 is 0 Å². The lowest BCUT2D eigenvalue weighted by molar-refractivity contribution is 0.908. The van der Waals surface area contributed by atoms with Crippen molar-refractivity contribution in [3.05, 3.63) is 18.6 Å². The van der Waals surface area contributed by atoms with E-state index >= 15 is 0 Å². The van der Waals surface area contributed by atoms with Crippen molar-refractivity contribution in [3.8, 4) is 0 Å². The minimum absolute atomic E-state index is 0.358. The highest BCUT2D eigenvalue weighted by molar-refractivity contribution is 5.93. The average Bonchev–Trinajstić information content (AvgIpc) is 2.52. The van der Waals surface area contributed by atoms with E-state index < -0.39 is 0 Å². The van der Waals surface area contributed by atoms with Crippen molar-refractivity contribution < 1.29 is 0 Å². The van der Waals surface area contributed by atoms with Crippen molar-refractivity contribution in [1.29, 1.82) is 0 Å². The van der Waals surface area contributed by atoms with Gasteiger partial charge in [-0.2, -0.15) is 4.99 Å². The standard InChI is InChI=1S/C7H9N5.C2H6/c1-4-5-6(11-7(8)10-4)12(2)3-9-5;1-2/h3H,1H2,2H3,(H3,8,10,11);1-2H3. The van der Waals surface area contributed by atoms with Crippen molar-refractivity contribution in [2.45, 2.75) is 13.8 Å². The smallest absolute Gasteiger partial charge is 0.199 e. The first-order chi connectivity index (χ1) is 6.68. The highest BCUT2D eigenvalue weighted by Crippen LogP contribution is 2.24. The van der Waals surface area contributed by atoms with Crippen molar-refractivity contribution in [3.63, 3.8) is 0 Å². The van der Waals surface area contributed by atoms with Gasteiger partial charge in [-0.3, -0.25) is 0 Å². The van der Waals surface area contributed by atoms with E-state index in [0.717, 1.165) is 11.5 Å². The first-order valence-electron chi connectivity index (χ1n) is 4.50. The molecular weight excluding hydrogens is 178 g/mol. The fraction of sp³-hybridized carbons (Fsp3) is 0.333. The van der Waals surface area contributed by atoms with E-state index in [9.17, 15) is 0 Å². The van der Waals surface area contributed by atoms with Gasteiger partial charge in [0.15, 0.2) is 11.8 Å². The van der Waals surface area contributed by atoms with E-state index in [-0.39, 0.29) is 0 Å². The van der Waals surface area contributed by atoms with Gasteiger partial charge in [0.05, 0.1) is 12.0 Å². The fourth-order valence-electron chi connectivity index (χ4n) is 1.12. The third-order valence-corrected chi connectivity index (χ3v) is 1.70. The summed E-state index contributed by atoms with van der Waals surface area (Å²) in [6.45, 7) is 7.77. The molecule has 1 aromatic heterocycles. The SMILES string of the molecule is C=C1NC(N)=Nc2c1ncn2C.CC. The third-order valence-electron chi connectivity index (χ3n) is 1.70. The number of hydrogen-bond acceptors (Lipinski definition) is 4. The van der Waals surface area contributed by atoms with Crippen LogP contribution in [0.2, 0.25) is 0 Å². The predicted octanol–water partition coefficient (Wildman–Crippen LogP) is 0.966. The van der Waals surface area contributed by atoms with Gasteiger partial charge in [-0.1, -0.05) is 20.4 Å². The van der Waals surface area contributed by atoms with E-state index in [1.807, 2.05) is 20.9 Å². The molecule has 0 radical (unpaired) electrons. The second-order valence-corrected chi connectivity index (χ2v) is 2.63. The van der Waals surface area contributed by atoms with Crippen molar-refractivity contribution in [1.82, 2.24) is 14.9 Å². The van der Waals surface area contributed by atoms with E-state index in [1.165, 1.54) is 0 Å². The molecule has 0 aliphatic carbocycles. The van der Waals surface area contributed by atoms with Gasteiger partial charge < -0.3 is 15.6 Å². The number of hydrogen-bond donors (Lipinski definition) is 2. The van der Waals surface area contributed by atoms with Gasteiger partial charge in [-0.15, -0.1) is 0 Å². The van der Waals surface area contributed by atoms with Crippen LogP contribution in [0, 0.1) is 0 Å². The Bertz CT molecular complexity index is 375. The molecule has 1 aliphatic rings. The predicted molar refractivity (Wildman–Crippen MR) is 58.0 cm³/mol. The monoisotopic (exact) mass is 193 g/mol. The minimum atomic E-state index is 0.358. The van der Waals surface area contributed by atoms with Crippen LogP contribution in [0.4, 0.5) is 5.82 Å². The summed E-state index contributed by atoms with van der Waals surface area (Å²) in [5, 5.41) is 2.81. The lowest BCUT2D eigenvalue weighted by atomic mass is 10.3. The molecule has 0 unspecified atom stereocenters. The van der Waals surface area contributed by atoms with E-state index in [2.05, 4.69) is 21.9 Å². The number of fused-ring (bicyclic) bond motifs is 1. The molecule has 1 aliphatic heterocycles. The maximum Gasteiger partial charge on any atom is 0.199 e. The second-order valence-electron chi connectivity index (χ2n) is 2.63. The van der Waals surface area contributed by atoms with Crippen LogP contribution < -0.4 is 11.1 Å². The zero-order chi connectivity index (χ0) is 10.7. The van der Waals surface area contributed by atoms with Crippen LogP contribution in [-0.4, -0.2) is 15.5 Å². The second kappa shape index (κ2) is 3.95. The molecule has 2 rings (SSSR count). The zero-order valence-corrected chi connectivity index (χ0v) is 8.70. The Morgan fingerprint density at radius 3 is 2.79 bits per heavy atom. The molecule has 1 aromatic rings. The summed E-state index contributed by atoms with van der Waals surface area (Å²) < 4.78 is 1.80. The molecule has 0 spiro atoms. The molecule has 76 valence electrons. The Balaban J connectivity index is 0.000000461. The zero-order valence-electron chi connectivity index (χ0n) is 8.70. The molecule has 0 fully saturated rings.